The van der Waals surface area contributed by atoms with Gasteiger partial charge in [-0.2, -0.15) is 5.10 Å². The molecule has 28 heavy (non-hydrogen) atoms. The van der Waals surface area contributed by atoms with Crippen LogP contribution in [-0.2, 0) is 11.3 Å². The third-order valence-electron chi connectivity index (χ3n) is 4.98. The highest BCUT2D eigenvalue weighted by atomic mass is 35.5. The van der Waals surface area contributed by atoms with Gasteiger partial charge in [-0.15, -0.1) is 0 Å². The van der Waals surface area contributed by atoms with Crippen molar-refractivity contribution in [2.24, 2.45) is 0 Å². The normalized spacial score (nSPS) is 15.7. The van der Waals surface area contributed by atoms with Crippen molar-refractivity contribution in [1.82, 2.24) is 9.78 Å². The van der Waals surface area contributed by atoms with Crippen LogP contribution in [0.4, 0.5) is 5.82 Å². The van der Waals surface area contributed by atoms with E-state index in [9.17, 15) is 4.79 Å². The molecule has 0 spiro atoms. The number of methoxy groups -OCH3 is 2. The summed E-state index contributed by atoms with van der Waals surface area (Å²) in [4.78, 5) is 12.5. The molecule has 4 rings (SSSR count). The van der Waals surface area contributed by atoms with Gasteiger partial charge in [0.15, 0.2) is 0 Å². The lowest BCUT2D eigenvalue weighted by Crippen LogP contribution is -2.25. The molecule has 0 saturated heterocycles. The number of carbonyl (C=O) groups excluding carboxylic acids is 1. The lowest BCUT2D eigenvalue weighted by Gasteiger charge is -2.25. The second-order valence-electron chi connectivity index (χ2n) is 6.61. The maximum atomic E-state index is 12.5. The number of nitrogens with one attached hydrogen (secondary N) is 1. The van der Waals surface area contributed by atoms with Gasteiger partial charge in [0.25, 0.3) is 0 Å². The first-order valence-electron chi connectivity index (χ1n) is 8.91. The van der Waals surface area contributed by atoms with Crippen molar-refractivity contribution >= 4 is 23.3 Å². The Bertz CT molecular complexity index is 1030. The van der Waals surface area contributed by atoms with E-state index in [-0.39, 0.29) is 11.8 Å². The first-order valence-corrected chi connectivity index (χ1v) is 9.29. The van der Waals surface area contributed by atoms with E-state index in [4.69, 9.17) is 21.1 Å². The first kappa shape index (κ1) is 18.4. The van der Waals surface area contributed by atoms with Crippen LogP contribution < -0.4 is 14.8 Å². The van der Waals surface area contributed by atoms with Crippen LogP contribution in [0.2, 0.25) is 5.02 Å². The van der Waals surface area contributed by atoms with Crippen LogP contribution in [0.1, 0.15) is 29.0 Å². The SMILES string of the molecule is COc1ccc([C@@H]2CC(=O)Nc3c2cnn3Cc2ccccc2Cl)c(OC)c1. The Balaban J connectivity index is 1.74. The van der Waals surface area contributed by atoms with Crippen molar-refractivity contribution in [3.8, 4) is 11.5 Å². The summed E-state index contributed by atoms with van der Waals surface area (Å²) in [5.41, 5.74) is 2.82. The number of carbonyl (C=O) groups is 1. The Morgan fingerprint density at radius 2 is 2.00 bits per heavy atom. The summed E-state index contributed by atoms with van der Waals surface area (Å²) in [5, 5.41) is 8.14. The number of ether oxygens (including phenoxy) is 2. The van der Waals surface area contributed by atoms with Crippen molar-refractivity contribution in [1.29, 1.82) is 0 Å². The number of amides is 1. The third-order valence-corrected chi connectivity index (χ3v) is 5.35. The number of benzene rings is 2. The highest BCUT2D eigenvalue weighted by Gasteiger charge is 2.32. The molecule has 2 aromatic carbocycles. The number of anilines is 1. The van der Waals surface area contributed by atoms with Crippen molar-refractivity contribution < 1.29 is 14.3 Å². The highest BCUT2D eigenvalue weighted by molar-refractivity contribution is 6.31. The van der Waals surface area contributed by atoms with Gasteiger partial charge in [0.05, 0.1) is 27.0 Å². The molecule has 7 heteroatoms. The molecule has 1 aromatic heterocycles. The molecule has 1 atom stereocenters. The van der Waals surface area contributed by atoms with E-state index in [1.54, 1.807) is 25.1 Å². The molecule has 3 aromatic rings. The Labute approximate surface area is 168 Å². The monoisotopic (exact) mass is 397 g/mol. The maximum Gasteiger partial charge on any atom is 0.226 e. The van der Waals surface area contributed by atoms with Crippen molar-refractivity contribution in [2.45, 2.75) is 18.9 Å². The van der Waals surface area contributed by atoms with E-state index in [2.05, 4.69) is 10.4 Å². The Morgan fingerprint density at radius 3 is 2.75 bits per heavy atom. The van der Waals surface area contributed by atoms with E-state index in [1.807, 2.05) is 42.5 Å². The van der Waals surface area contributed by atoms with Gasteiger partial charge in [0.2, 0.25) is 5.91 Å². The van der Waals surface area contributed by atoms with Crippen LogP contribution in [0.5, 0.6) is 11.5 Å². The first-order chi connectivity index (χ1) is 13.6. The fourth-order valence-corrected chi connectivity index (χ4v) is 3.76. The summed E-state index contributed by atoms with van der Waals surface area (Å²) in [6.07, 6.45) is 2.13. The zero-order valence-corrected chi connectivity index (χ0v) is 16.4. The molecular formula is C21H20ClN3O3. The number of halogens is 1. The number of nitrogens with zero attached hydrogens (tertiary/aromatic N) is 2. The second kappa shape index (κ2) is 7.56. The molecule has 0 fully saturated rings. The standard InChI is InChI=1S/C21H20ClN3O3/c1-27-14-7-8-15(19(9-14)28-2)16-10-20(26)24-21-17(16)11-23-25(21)12-13-5-3-4-6-18(13)22/h3-9,11,16H,10,12H2,1-2H3,(H,24,26)/t16-/m0/s1. The average molecular weight is 398 g/mol. The molecule has 1 N–H and O–H groups in total. The van der Waals surface area contributed by atoms with Gasteiger partial charge in [-0.05, 0) is 17.7 Å². The summed E-state index contributed by atoms with van der Waals surface area (Å²) in [6.45, 7) is 0.474. The highest BCUT2D eigenvalue weighted by Crippen LogP contribution is 2.42. The molecule has 1 aliphatic rings. The fourth-order valence-electron chi connectivity index (χ4n) is 3.56. The molecule has 2 heterocycles. The molecule has 0 bridgehead atoms. The van der Waals surface area contributed by atoms with Crippen LogP contribution in [0.25, 0.3) is 0 Å². The number of rotatable bonds is 5. The summed E-state index contributed by atoms with van der Waals surface area (Å²) in [7, 11) is 3.22. The number of hydrogen-bond donors (Lipinski definition) is 1. The minimum atomic E-state index is -0.149. The smallest absolute Gasteiger partial charge is 0.226 e. The van der Waals surface area contributed by atoms with Crippen LogP contribution in [0.15, 0.2) is 48.7 Å². The van der Waals surface area contributed by atoms with Crippen molar-refractivity contribution in [3.63, 3.8) is 0 Å². The van der Waals surface area contributed by atoms with Gasteiger partial charge in [-0.25, -0.2) is 4.68 Å². The molecule has 1 amide bonds. The summed E-state index contributed by atoms with van der Waals surface area (Å²) in [5.74, 6) is 1.87. The Morgan fingerprint density at radius 1 is 1.18 bits per heavy atom. The van der Waals surface area contributed by atoms with E-state index < -0.39 is 0 Å². The minimum Gasteiger partial charge on any atom is -0.497 e. The molecule has 6 nitrogen and oxygen atoms in total. The van der Waals surface area contributed by atoms with Crippen LogP contribution in [-0.4, -0.2) is 29.9 Å². The van der Waals surface area contributed by atoms with E-state index >= 15 is 0 Å². The largest absolute Gasteiger partial charge is 0.497 e. The Kier molecular flexibility index (Phi) is 4.96. The van der Waals surface area contributed by atoms with Crippen LogP contribution in [0.3, 0.4) is 0 Å². The zero-order valence-electron chi connectivity index (χ0n) is 15.6. The van der Waals surface area contributed by atoms with Gasteiger partial charge < -0.3 is 14.8 Å². The van der Waals surface area contributed by atoms with Crippen LogP contribution in [0, 0.1) is 0 Å². The Hall–Kier alpha value is -2.99. The fraction of sp³-hybridized carbons (Fsp3) is 0.238. The summed E-state index contributed by atoms with van der Waals surface area (Å²) >= 11 is 6.29. The number of hydrogen-bond acceptors (Lipinski definition) is 4. The lowest BCUT2D eigenvalue weighted by molar-refractivity contribution is -0.116. The van der Waals surface area contributed by atoms with Gasteiger partial charge in [0.1, 0.15) is 17.3 Å². The quantitative estimate of drug-likeness (QED) is 0.704. The van der Waals surface area contributed by atoms with Crippen LogP contribution >= 0.6 is 11.6 Å². The predicted molar refractivity (Wildman–Crippen MR) is 107 cm³/mol. The van der Waals surface area contributed by atoms with Crippen molar-refractivity contribution in [3.05, 3.63) is 70.4 Å². The van der Waals surface area contributed by atoms with Crippen molar-refractivity contribution in [2.75, 3.05) is 19.5 Å². The minimum absolute atomic E-state index is 0.0590. The molecule has 0 unspecified atom stereocenters. The number of fused-ring (bicyclic) bond motifs is 1. The summed E-state index contributed by atoms with van der Waals surface area (Å²) < 4.78 is 12.6. The predicted octanol–water partition coefficient (Wildman–Crippen LogP) is 4.08. The molecule has 144 valence electrons. The molecule has 1 aliphatic heterocycles. The van der Waals surface area contributed by atoms with E-state index in [1.165, 1.54) is 0 Å². The lowest BCUT2D eigenvalue weighted by atomic mass is 9.86. The van der Waals surface area contributed by atoms with Gasteiger partial charge in [0, 0.05) is 34.6 Å². The van der Waals surface area contributed by atoms with Gasteiger partial charge in [-0.3, -0.25) is 4.79 Å². The zero-order chi connectivity index (χ0) is 19.7. The maximum absolute atomic E-state index is 12.5. The molecular weight excluding hydrogens is 378 g/mol. The third kappa shape index (κ3) is 3.31. The molecule has 0 aliphatic carbocycles. The second-order valence-corrected chi connectivity index (χ2v) is 7.02. The molecule has 0 radical (unpaired) electrons. The topological polar surface area (TPSA) is 65.4 Å². The number of aromatic nitrogens is 2. The van der Waals surface area contributed by atoms with Gasteiger partial charge in [-0.1, -0.05) is 35.9 Å². The van der Waals surface area contributed by atoms with E-state index in [0.29, 0.717) is 35.3 Å². The van der Waals surface area contributed by atoms with E-state index in [0.717, 1.165) is 16.7 Å². The molecule has 0 saturated carbocycles. The average Bonchev–Trinajstić information content (AvgIpc) is 3.11. The van der Waals surface area contributed by atoms with Gasteiger partial charge >= 0.3 is 0 Å². The summed E-state index contributed by atoms with van der Waals surface area (Å²) in [6, 6.07) is 13.3.